The Labute approximate surface area is 92.1 Å². The minimum atomic E-state index is 0.633. The van der Waals surface area contributed by atoms with Gasteiger partial charge in [0.1, 0.15) is 11.5 Å². The normalized spacial score (nSPS) is 10.8. The van der Waals surface area contributed by atoms with Crippen LogP contribution in [0.4, 0.5) is 0 Å². The zero-order valence-corrected chi connectivity index (χ0v) is 8.54. The molecule has 3 aromatic heterocycles. The van der Waals surface area contributed by atoms with Crippen LogP contribution < -0.4 is 0 Å². The standard InChI is InChI=1S/C12H10N2O2/c1-3-11(15-5-1)9-14-8-10(7-13-14)12-4-2-6-16-12/h1-8H,9H2. The Hall–Kier alpha value is -2.23. The van der Waals surface area contributed by atoms with Gasteiger partial charge in [-0.15, -0.1) is 0 Å². The Morgan fingerprint density at radius 3 is 2.75 bits per heavy atom. The number of hydrogen-bond donors (Lipinski definition) is 0. The molecule has 0 saturated carbocycles. The quantitative estimate of drug-likeness (QED) is 0.673. The van der Waals surface area contributed by atoms with Crippen molar-refractivity contribution in [2.75, 3.05) is 0 Å². The fraction of sp³-hybridized carbons (Fsp3) is 0.0833. The molecule has 0 aliphatic rings. The van der Waals surface area contributed by atoms with Crippen LogP contribution in [0.1, 0.15) is 5.76 Å². The van der Waals surface area contributed by atoms with Crippen molar-refractivity contribution in [1.29, 1.82) is 0 Å². The third-order valence-corrected chi connectivity index (χ3v) is 2.34. The first kappa shape index (κ1) is 9.03. The Balaban J connectivity index is 1.83. The van der Waals surface area contributed by atoms with E-state index in [-0.39, 0.29) is 0 Å². The topological polar surface area (TPSA) is 44.1 Å². The second-order valence-corrected chi connectivity index (χ2v) is 3.48. The SMILES string of the molecule is c1coc(Cn2cc(-c3ccco3)cn2)c1. The zero-order chi connectivity index (χ0) is 10.8. The lowest BCUT2D eigenvalue weighted by atomic mass is 10.3. The summed E-state index contributed by atoms with van der Waals surface area (Å²) in [5.41, 5.74) is 0.969. The van der Waals surface area contributed by atoms with E-state index in [0.717, 1.165) is 17.1 Å². The van der Waals surface area contributed by atoms with Crippen LogP contribution in [0.3, 0.4) is 0 Å². The number of nitrogens with zero attached hydrogens (tertiary/aromatic N) is 2. The fourth-order valence-corrected chi connectivity index (χ4v) is 1.58. The van der Waals surface area contributed by atoms with E-state index in [0.29, 0.717) is 6.54 Å². The van der Waals surface area contributed by atoms with Gasteiger partial charge in [-0.25, -0.2) is 0 Å². The summed E-state index contributed by atoms with van der Waals surface area (Å²) in [5.74, 6) is 1.71. The highest BCUT2D eigenvalue weighted by Gasteiger charge is 2.05. The number of rotatable bonds is 3. The fourth-order valence-electron chi connectivity index (χ4n) is 1.58. The molecule has 0 fully saturated rings. The van der Waals surface area contributed by atoms with E-state index in [4.69, 9.17) is 8.83 Å². The molecule has 0 aliphatic carbocycles. The lowest BCUT2D eigenvalue weighted by Crippen LogP contribution is -1.97. The number of hydrogen-bond acceptors (Lipinski definition) is 3. The molecule has 0 N–H and O–H groups in total. The minimum absolute atomic E-state index is 0.633. The van der Waals surface area contributed by atoms with Crippen molar-refractivity contribution in [1.82, 2.24) is 9.78 Å². The summed E-state index contributed by atoms with van der Waals surface area (Å²) < 4.78 is 12.4. The van der Waals surface area contributed by atoms with E-state index < -0.39 is 0 Å². The monoisotopic (exact) mass is 214 g/mol. The lowest BCUT2D eigenvalue weighted by molar-refractivity contribution is 0.480. The highest BCUT2D eigenvalue weighted by molar-refractivity contribution is 5.54. The molecule has 0 atom stereocenters. The average molecular weight is 214 g/mol. The van der Waals surface area contributed by atoms with Gasteiger partial charge in [-0.2, -0.15) is 5.10 Å². The van der Waals surface area contributed by atoms with Gasteiger partial charge >= 0.3 is 0 Å². The highest BCUT2D eigenvalue weighted by Crippen LogP contribution is 2.18. The van der Waals surface area contributed by atoms with Crippen molar-refractivity contribution in [2.24, 2.45) is 0 Å². The third-order valence-electron chi connectivity index (χ3n) is 2.34. The third kappa shape index (κ3) is 1.65. The Morgan fingerprint density at radius 2 is 2.00 bits per heavy atom. The number of furan rings is 2. The summed E-state index contributed by atoms with van der Waals surface area (Å²) in [6.07, 6.45) is 7.02. The molecular weight excluding hydrogens is 204 g/mol. The molecule has 3 rings (SSSR count). The molecule has 0 saturated heterocycles. The summed E-state index contributed by atoms with van der Waals surface area (Å²) >= 11 is 0. The predicted octanol–water partition coefficient (Wildman–Crippen LogP) is 2.78. The number of aromatic nitrogens is 2. The average Bonchev–Trinajstić information content (AvgIpc) is 2.99. The van der Waals surface area contributed by atoms with Gasteiger partial charge in [0.15, 0.2) is 0 Å². The van der Waals surface area contributed by atoms with E-state index in [1.807, 2.05) is 35.1 Å². The van der Waals surface area contributed by atoms with E-state index in [9.17, 15) is 0 Å². The van der Waals surface area contributed by atoms with Crippen LogP contribution in [0.5, 0.6) is 0 Å². The molecule has 4 heteroatoms. The van der Waals surface area contributed by atoms with Crippen LogP contribution in [0, 0.1) is 0 Å². The van der Waals surface area contributed by atoms with Gasteiger partial charge in [0.2, 0.25) is 0 Å². The van der Waals surface area contributed by atoms with Crippen LogP contribution in [-0.4, -0.2) is 9.78 Å². The molecule has 0 amide bonds. The van der Waals surface area contributed by atoms with Crippen LogP contribution in [0.15, 0.2) is 58.0 Å². The van der Waals surface area contributed by atoms with Crippen molar-refractivity contribution >= 4 is 0 Å². The summed E-state index contributed by atoms with van der Waals surface area (Å²) in [6.45, 7) is 0.633. The molecule has 0 aromatic carbocycles. The molecule has 0 bridgehead atoms. The summed E-state index contributed by atoms with van der Waals surface area (Å²) in [4.78, 5) is 0. The van der Waals surface area contributed by atoms with E-state index in [1.54, 1.807) is 18.7 Å². The maximum Gasteiger partial charge on any atom is 0.137 e. The van der Waals surface area contributed by atoms with Gasteiger partial charge in [-0.1, -0.05) is 0 Å². The van der Waals surface area contributed by atoms with Crippen molar-refractivity contribution in [3.05, 3.63) is 54.9 Å². The van der Waals surface area contributed by atoms with Crippen molar-refractivity contribution < 1.29 is 8.83 Å². The van der Waals surface area contributed by atoms with E-state index >= 15 is 0 Å². The van der Waals surface area contributed by atoms with E-state index in [1.165, 1.54) is 0 Å². The molecule has 16 heavy (non-hydrogen) atoms. The first-order valence-electron chi connectivity index (χ1n) is 5.00. The highest BCUT2D eigenvalue weighted by atomic mass is 16.3. The van der Waals surface area contributed by atoms with Gasteiger partial charge in [-0.3, -0.25) is 4.68 Å². The van der Waals surface area contributed by atoms with Gasteiger partial charge in [-0.05, 0) is 24.3 Å². The largest absolute Gasteiger partial charge is 0.467 e. The second-order valence-electron chi connectivity index (χ2n) is 3.48. The van der Waals surface area contributed by atoms with Crippen molar-refractivity contribution in [3.63, 3.8) is 0 Å². The Kier molecular flexibility index (Phi) is 2.11. The Bertz CT molecular complexity index is 550. The Morgan fingerprint density at radius 1 is 1.12 bits per heavy atom. The summed E-state index contributed by atoms with van der Waals surface area (Å²) in [5, 5.41) is 4.24. The lowest BCUT2D eigenvalue weighted by Gasteiger charge is -1.95. The minimum Gasteiger partial charge on any atom is -0.467 e. The maximum absolute atomic E-state index is 5.29. The van der Waals surface area contributed by atoms with Crippen LogP contribution >= 0.6 is 0 Å². The molecule has 0 unspecified atom stereocenters. The van der Waals surface area contributed by atoms with Gasteiger partial charge in [0.05, 0.1) is 30.8 Å². The summed E-state index contributed by atoms with van der Waals surface area (Å²) in [7, 11) is 0. The van der Waals surface area contributed by atoms with Crippen LogP contribution in [-0.2, 0) is 6.54 Å². The smallest absolute Gasteiger partial charge is 0.137 e. The molecule has 0 spiro atoms. The molecule has 3 heterocycles. The zero-order valence-electron chi connectivity index (χ0n) is 8.54. The molecule has 4 nitrogen and oxygen atoms in total. The van der Waals surface area contributed by atoms with Crippen molar-refractivity contribution in [2.45, 2.75) is 6.54 Å². The molecule has 0 aliphatic heterocycles. The first-order valence-corrected chi connectivity index (χ1v) is 5.00. The first-order chi connectivity index (χ1) is 7.92. The maximum atomic E-state index is 5.29. The summed E-state index contributed by atoms with van der Waals surface area (Å²) in [6, 6.07) is 7.56. The van der Waals surface area contributed by atoms with Crippen molar-refractivity contribution in [3.8, 4) is 11.3 Å². The predicted molar refractivity (Wildman–Crippen MR) is 57.7 cm³/mol. The second kappa shape index (κ2) is 3.73. The van der Waals surface area contributed by atoms with Gasteiger partial charge in [0, 0.05) is 6.20 Å². The van der Waals surface area contributed by atoms with Crippen LogP contribution in [0.2, 0.25) is 0 Å². The van der Waals surface area contributed by atoms with E-state index in [2.05, 4.69) is 5.10 Å². The molecule has 3 aromatic rings. The molecule has 0 radical (unpaired) electrons. The van der Waals surface area contributed by atoms with Gasteiger partial charge in [0.25, 0.3) is 0 Å². The van der Waals surface area contributed by atoms with Crippen LogP contribution in [0.25, 0.3) is 11.3 Å². The molecule has 80 valence electrons. The van der Waals surface area contributed by atoms with Gasteiger partial charge < -0.3 is 8.83 Å². The molecular formula is C12H10N2O2.